The first-order chi connectivity index (χ1) is 14.1. The lowest BCUT2D eigenvalue weighted by atomic mass is 9.97. The van der Waals surface area contributed by atoms with Crippen LogP contribution in [-0.4, -0.2) is 23.7 Å². The van der Waals surface area contributed by atoms with Crippen LogP contribution < -0.4 is 0 Å². The van der Waals surface area contributed by atoms with Crippen LogP contribution in [0.15, 0.2) is 12.2 Å². The highest BCUT2D eigenvalue weighted by Gasteiger charge is 2.22. The third kappa shape index (κ3) is 19.8. The van der Waals surface area contributed by atoms with Crippen molar-refractivity contribution in [3.63, 3.8) is 0 Å². The molecule has 0 saturated carbocycles. The Labute approximate surface area is 179 Å². The summed E-state index contributed by atoms with van der Waals surface area (Å²) < 4.78 is 5.12. The fourth-order valence-corrected chi connectivity index (χ4v) is 3.47. The van der Waals surface area contributed by atoms with Gasteiger partial charge in [0.25, 0.3) is 0 Å². The Hall–Kier alpha value is -1.32. The Balaban J connectivity index is 3.58. The molecule has 0 fully saturated rings. The fraction of sp³-hybridized carbons (Fsp3) is 0.840. The van der Waals surface area contributed by atoms with Crippen LogP contribution in [0.5, 0.6) is 0 Å². The van der Waals surface area contributed by atoms with Crippen LogP contribution in [0.4, 0.5) is 0 Å². The molecule has 1 N–H and O–H groups in total. The number of rotatable bonds is 21. The van der Waals surface area contributed by atoms with Gasteiger partial charge in [0.05, 0.1) is 18.9 Å². The van der Waals surface area contributed by atoms with Gasteiger partial charge in [0.1, 0.15) is 0 Å². The maximum atomic E-state index is 11.9. The fourth-order valence-electron chi connectivity index (χ4n) is 3.47. The van der Waals surface area contributed by atoms with E-state index in [4.69, 9.17) is 9.84 Å². The summed E-state index contributed by atoms with van der Waals surface area (Å²) in [4.78, 5) is 22.9. The zero-order valence-electron chi connectivity index (χ0n) is 19.1. The number of esters is 1. The standard InChI is InChI=1S/C25H46O4/c1-3-5-6-7-8-9-10-11-12-13-14-15-16-17-18-19-20-23(22-24(26)27)25(28)29-21-4-2/h14-15,23H,3-13,16-22H2,1-2H3,(H,26,27)/b15-14+. The minimum absolute atomic E-state index is 0.124. The Morgan fingerprint density at radius 1 is 0.759 bits per heavy atom. The Bertz CT molecular complexity index is 417. The summed E-state index contributed by atoms with van der Waals surface area (Å²) >= 11 is 0. The Morgan fingerprint density at radius 2 is 1.28 bits per heavy atom. The van der Waals surface area contributed by atoms with Crippen molar-refractivity contribution in [3.8, 4) is 0 Å². The van der Waals surface area contributed by atoms with Crippen molar-refractivity contribution >= 4 is 11.9 Å². The van der Waals surface area contributed by atoms with Gasteiger partial charge in [0, 0.05) is 0 Å². The molecule has 0 aromatic heterocycles. The van der Waals surface area contributed by atoms with Gasteiger partial charge in [0.15, 0.2) is 0 Å². The van der Waals surface area contributed by atoms with E-state index in [2.05, 4.69) is 19.1 Å². The van der Waals surface area contributed by atoms with Crippen molar-refractivity contribution in [2.45, 2.75) is 123 Å². The van der Waals surface area contributed by atoms with E-state index < -0.39 is 11.9 Å². The summed E-state index contributed by atoms with van der Waals surface area (Å²) in [6.45, 7) is 4.57. The van der Waals surface area contributed by atoms with Crippen LogP contribution >= 0.6 is 0 Å². The third-order valence-corrected chi connectivity index (χ3v) is 5.27. The molecular formula is C25H46O4. The number of allylic oxidation sites excluding steroid dienone is 2. The normalized spacial score (nSPS) is 12.3. The van der Waals surface area contributed by atoms with Crippen molar-refractivity contribution in [1.82, 2.24) is 0 Å². The second-order valence-electron chi connectivity index (χ2n) is 8.19. The summed E-state index contributed by atoms with van der Waals surface area (Å²) in [5, 5.41) is 8.98. The third-order valence-electron chi connectivity index (χ3n) is 5.27. The van der Waals surface area contributed by atoms with Gasteiger partial charge in [-0.3, -0.25) is 9.59 Å². The van der Waals surface area contributed by atoms with Crippen molar-refractivity contribution in [3.05, 3.63) is 12.2 Å². The van der Waals surface area contributed by atoms with Crippen molar-refractivity contribution in [2.24, 2.45) is 5.92 Å². The number of hydrogen-bond donors (Lipinski definition) is 1. The topological polar surface area (TPSA) is 63.6 Å². The van der Waals surface area contributed by atoms with Gasteiger partial charge in [-0.25, -0.2) is 0 Å². The van der Waals surface area contributed by atoms with Crippen molar-refractivity contribution in [1.29, 1.82) is 0 Å². The van der Waals surface area contributed by atoms with Gasteiger partial charge in [-0.15, -0.1) is 0 Å². The molecule has 4 heteroatoms. The van der Waals surface area contributed by atoms with Gasteiger partial charge < -0.3 is 9.84 Å². The summed E-state index contributed by atoms with van der Waals surface area (Å²) in [6, 6.07) is 0. The van der Waals surface area contributed by atoms with Crippen LogP contribution in [0.1, 0.15) is 123 Å². The monoisotopic (exact) mass is 410 g/mol. The summed E-state index contributed by atoms with van der Waals surface area (Å²) in [7, 11) is 0. The molecule has 29 heavy (non-hydrogen) atoms. The number of ether oxygens (including phenoxy) is 1. The number of carboxylic acids is 1. The second-order valence-corrected chi connectivity index (χ2v) is 8.19. The number of aliphatic carboxylic acids is 1. The van der Waals surface area contributed by atoms with Gasteiger partial charge in [-0.1, -0.05) is 90.2 Å². The van der Waals surface area contributed by atoms with Gasteiger partial charge in [0.2, 0.25) is 0 Å². The van der Waals surface area contributed by atoms with Crippen LogP contribution in [0, 0.1) is 5.92 Å². The summed E-state index contributed by atoms with van der Waals surface area (Å²) in [5.74, 6) is -1.78. The number of unbranched alkanes of at least 4 members (excludes halogenated alkanes) is 12. The molecule has 0 aromatic rings. The molecule has 0 spiro atoms. The zero-order chi connectivity index (χ0) is 21.6. The lowest BCUT2D eigenvalue weighted by Gasteiger charge is -2.13. The number of hydrogen-bond acceptors (Lipinski definition) is 3. The van der Waals surface area contributed by atoms with E-state index >= 15 is 0 Å². The highest BCUT2D eigenvalue weighted by Crippen LogP contribution is 2.17. The molecule has 0 saturated heterocycles. The first kappa shape index (κ1) is 27.7. The number of carbonyl (C=O) groups is 2. The van der Waals surface area contributed by atoms with E-state index in [1.807, 2.05) is 6.92 Å². The lowest BCUT2D eigenvalue weighted by Crippen LogP contribution is -2.21. The summed E-state index contributed by atoms with van der Waals surface area (Å²) in [5.41, 5.74) is 0. The quantitative estimate of drug-likeness (QED) is 0.121. The average Bonchev–Trinajstić information content (AvgIpc) is 2.70. The van der Waals surface area contributed by atoms with Gasteiger partial charge >= 0.3 is 11.9 Å². The molecule has 0 aliphatic carbocycles. The number of carboxylic acid groups (broad SMARTS) is 1. The maximum Gasteiger partial charge on any atom is 0.309 e. The minimum Gasteiger partial charge on any atom is -0.481 e. The predicted octanol–water partition coefficient (Wildman–Crippen LogP) is 7.46. The molecule has 0 heterocycles. The molecular weight excluding hydrogens is 364 g/mol. The molecule has 170 valence electrons. The van der Waals surface area contributed by atoms with Crippen LogP contribution in [0.3, 0.4) is 0 Å². The predicted molar refractivity (Wildman–Crippen MR) is 121 cm³/mol. The average molecular weight is 411 g/mol. The SMILES string of the molecule is CCCCCCCCCCC/C=C/CCCCCC(CC(=O)O)C(=O)OCCC. The van der Waals surface area contributed by atoms with Crippen LogP contribution in [0.25, 0.3) is 0 Å². The maximum absolute atomic E-state index is 11.9. The van der Waals surface area contributed by atoms with Gasteiger partial charge in [-0.05, 0) is 38.5 Å². The molecule has 1 unspecified atom stereocenters. The molecule has 0 aliphatic rings. The molecule has 4 nitrogen and oxygen atoms in total. The second kappa shape index (κ2) is 21.4. The largest absolute Gasteiger partial charge is 0.481 e. The van der Waals surface area contributed by atoms with Crippen molar-refractivity contribution < 1.29 is 19.4 Å². The van der Waals surface area contributed by atoms with E-state index in [1.165, 1.54) is 64.2 Å². The van der Waals surface area contributed by atoms with E-state index in [-0.39, 0.29) is 12.4 Å². The molecule has 0 rings (SSSR count). The molecule has 0 bridgehead atoms. The van der Waals surface area contributed by atoms with E-state index in [0.717, 1.165) is 32.1 Å². The van der Waals surface area contributed by atoms with E-state index in [0.29, 0.717) is 13.0 Å². The van der Waals surface area contributed by atoms with E-state index in [9.17, 15) is 9.59 Å². The Kier molecular flexibility index (Phi) is 20.4. The molecule has 1 atom stereocenters. The van der Waals surface area contributed by atoms with Crippen LogP contribution in [0.2, 0.25) is 0 Å². The lowest BCUT2D eigenvalue weighted by molar-refractivity contribution is -0.153. The van der Waals surface area contributed by atoms with E-state index in [1.54, 1.807) is 0 Å². The molecule has 0 aliphatic heterocycles. The van der Waals surface area contributed by atoms with Crippen molar-refractivity contribution in [2.75, 3.05) is 6.61 Å². The molecule has 0 radical (unpaired) electrons. The first-order valence-electron chi connectivity index (χ1n) is 12.1. The highest BCUT2D eigenvalue weighted by molar-refractivity contribution is 5.79. The van der Waals surface area contributed by atoms with Gasteiger partial charge in [-0.2, -0.15) is 0 Å². The molecule has 0 aromatic carbocycles. The molecule has 0 amide bonds. The first-order valence-corrected chi connectivity index (χ1v) is 12.1. The highest BCUT2D eigenvalue weighted by atomic mass is 16.5. The smallest absolute Gasteiger partial charge is 0.309 e. The Morgan fingerprint density at radius 3 is 1.79 bits per heavy atom. The zero-order valence-corrected chi connectivity index (χ0v) is 19.1. The summed E-state index contributed by atoms with van der Waals surface area (Å²) in [6.07, 6.45) is 23.4. The van der Waals surface area contributed by atoms with Crippen LogP contribution in [-0.2, 0) is 14.3 Å². The number of carbonyl (C=O) groups excluding carboxylic acids is 1. The minimum atomic E-state index is -0.928.